The number of guanidine groups is 1. The normalized spacial score (nSPS) is 15.5. The average Bonchev–Trinajstić information content (AvgIpc) is 3.22. The van der Waals surface area contributed by atoms with E-state index in [0.717, 1.165) is 24.4 Å². The van der Waals surface area contributed by atoms with Crippen LogP contribution in [0.2, 0.25) is 0 Å². The number of halogens is 2. The van der Waals surface area contributed by atoms with Crippen LogP contribution >= 0.6 is 24.0 Å². The Hall–Kier alpha value is -1.57. The number of aromatic nitrogens is 1. The Morgan fingerprint density at radius 1 is 1.25 bits per heavy atom. The molecule has 130 valence electrons. The highest BCUT2D eigenvalue weighted by Crippen LogP contribution is 2.48. The van der Waals surface area contributed by atoms with Crippen LogP contribution in [-0.2, 0) is 19.0 Å². The van der Waals surface area contributed by atoms with Crippen molar-refractivity contribution in [3.05, 3.63) is 59.7 Å². The number of aliphatic imine (C=N–C) groups is 1. The fourth-order valence-electron chi connectivity index (χ4n) is 2.91. The number of benzene rings is 1. The number of nitrogens with one attached hydrogen (secondary N) is 2. The minimum atomic E-state index is -0.112. The van der Waals surface area contributed by atoms with Crippen LogP contribution < -0.4 is 10.6 Å². The molecule has 2 aromatic rings. The zero-order valence-electron chi connectivity index (χ0n) is 14.1. The van der Waals surface area contributed by atoms with Crippen molar-refractivity contribution < 1.29 is 4.39 Å². The third kappa shape index (κ3) is 4.28. The molecule has 6 heteroatoms. The molecule has 0 unspecified atom stereocenters. The van der Waals surface area contributed by atoms with Crippen molar-refractivity contribution in [1.29, 1.82) is 0 Å². The van der Waals surface area contributed by atoms with Crippen molar-refractivity contribution in [1.82, 2.24) is 15.2 Å². The Morgan fingerprint density at radius 3 is 2.58 bits per heavy atom. The fraction of sp³-hybridized carbons (Fsp3) is 0.389. The summed E-state index contributed by atoms with van der Waals surface area (Å²) < 4.78 is 16.0. The summed E-state index contributed by atoms with van der Waals surface area (Å²) >= 11 is 0. The van der Waals surface area contributed by atoms with Crippen LogP contribution in [0, 0.1) is 5.82 Å². The van der Waals surface area contributed by atoms with Gasteiger partial charge in [0.1, 0.15) is 5.82 Å². The molecule has 1 fully saturated rings. The maximum absolute atomic E-state index is 14.0. The topological polar surface area (TPSA) is 41.4 Å². The van der Waals surface area contributed by atoms with E-state index in [1.807, 2.05) is 29.9 Å². The Kier molecular flexibility index (Phi) is 6.26. The molecule has 0 radical (unpaired) electrons. The first kappa shape index (κ1) is 18.8. The summed E-state index contributed by atoms with van der Waals surface area (Å²) in [4.78, 5) is 4.25. The van der Waals surface area contributed by atoms with Crippen LogP contribution in [0.1, 0.15) is 24.0 Å². The molecular formula is C18H24FIN4. The largest absolute Gasteiger partial charge is 0.357 e. The van der Waals surface area contributed by atoms with Crippen LogP contribution in [0.3, 0.4) is 0 Å². The van der Waals surface area contributed by atoms with Gasteiger partial charge < -0.3 is 15.2 Å². The second-order valence-corrected chi connectivity index (χ2v) is 6.22. The fourth-order valence-corrected chi connectivity index (χ4v) is 2.91. The quantitative estimate of drug-likeness (QED) is 0.425. The number of aryl methyl sites for hydroxylation is 1. The number of nitrogens with zero attached hydrogens (tertiary/aromatic N) is 2. The summed E-state index contributed by atoms with van der Waals surface area (Å²) in [7, 11) is 3.75. The first-order valence-electron chi connectivity index (χ1n) is 7.93. The van der Waals surface area contributed by atoms with E-state index in [2.05, 4.69) is 27.9 Å². The first-order chi connectivity index (χ1) is 11.1. The van der Waals surface area contributed by atoms with Crippen molar-refractivity contribution in [2.75, 3.05) is 13.6 Å². The molecule has 0 amide bonds. The highest BCUT2D eigenvalue weighted by molar-refractivity contribution is 14.0. The predicted molar refractivity (Wildman–Crippen MR) is 106 cm³/mol. The molecule has 0 bridgehead atoms. The highest BCUT2D eigenvalue weighted by atomic mass is 127. The SMILES string of the molecule is CN=C(NCc1ccn(C)c1)NCC1(c2ccccc2F)CC1.I. The lowest BCUT2D eigenvalue weighted by molar-refractivity contribution is 0.559. The van der Waals surface area contributed by atoms with Gasteiger partial charge >= 0.3 is 0 Å². The average molecular weight is 442 g/mol. The molecule has 3 rings (SSSR count). The minimum Gasteiger partial charge on any atom is -0.357 e. The van der Waals surface area contributed by atoms with Gasteiger partial charge in [0.2, 0.25) is 0 Å². The smallest absolute Gasteiger partial charge is 0.191 e. The Morgan fingerprint density at radius 2 is 2.00 bits per heavy atom. The molecule has 1 aliphatic carbocycles. The van der Waals surface area contributed by atoms with Gasteiger partial charge in [0.05, 0.1) is 0 Å². The third-order valence-electron chi connectivity index (χ3n) is 4.47. The van der Waals surface area contributed by atoms with Gasteiger partial charge in [-0.2, -0.15) is 0 Å². The van der Waals surface area contributed by atoms with Crippen molar-refractivity contribution in [2.24, 2.45) is 12.0 Å². The summed E-state index contributed by atoms with van der Waals surface area (Å²) in [6.45, 7) is 1.41. The molecule has 1 aromatic heterocycles. The van der Waals surface area contributed by atoms with E-state index >= 15 is 0 Å². The van der Waals surface area contributed by atoms with Gasteiger partial charge in [-0.05, 0) is 36.1 Å². The maximum Gasteiger partial charge on any atom is 0.191 e. The molecule has 4 nitrogen and oxygen atoms in total. The summed E-state index contributed by atoms with van der Waals surface area (Å²) in [6, 6.07) is 9.15. The van der Waals surface area contributed by atoms with Gasteiger partial charge in [-0.25, -0.2) is 4.39 Å². The van der Waals surface area contributed by atoms with Crippen LogP contribution in [0.4, 0.5) is 4.39 Å². The van der Waals surface area contributed by atoms with Gasteiger partial charge in [0, 0.05) is 45.0 Å². The molecule has 1 heterocycles. The lowest BCUT2D eigenvalue weighted by Gasteiger charge is -2.19. The van der Waals surface area contributed by atoms with Crippen molar-refractivity contribution in [3.8, 4) is 0 Å². The van der Waals surface area contributed by atoms with Gasteiger partial charge in [-0.3, -0.25) is 4.99 Å². The van der Waals surface area contributed by atoms with Crippen LogP contribution in [-0.4, -0.2) is 24.1 Å². The Labute approximate surface area is 159 Å². The molecular weight excluding hydrogens is 418 g/mol. The molecule has 0 spiro atoms. The molecule has 1 saturated carbocycles. The molecule has 0 aliphatic heterocycles. The van der Waals surface area contributed by atoms with Gasteiger partial charge in [-0.1, -0.05) is 18.2 Å². The summed E-state index contributed by atoms with van der Waals surface area (Å²) in [5.74, 6) is 0.635. The van der Waals surface area contributed by atoms with E-state index in [1.165, 1.54) is 11.6 Å². The molecule has 1 aliphatic rings. The Bertz CT molecular complexity index is 707. The lowest BCUT2D eigenvalue weighted by atomic mass is 9.95. The zero-order valence-corrected chi connectivity index (χ0v) is 16.4. The monoisotopic (exact) mass is 442 g/mol. The van der Waals surface area contributed by atoms with Crippen molar-refractivity contribution >= 4 is 29.9 Å². The molecule has 1 aromatic carbocycles. The summed E-state index contributed by atoms with van der Waals surface area (Å²) in [6.07, 6.45) is 6.11. The standard InChI is InChI=1S/C18H23FN4.HI/c1-20-17(21-11-14-7-10-23(2)12-14)22-13-18(8-9-18)15-5-3-4-6-16(15)19;/h3-7,10,12H,8-9,11,13H2,1-2H3,(H2,20,21,22);1H. The van der Waals surface area contributed by atoms with Gasteiger partial charge in [0.25, 0.3) is 0 Å². The number of hydrogen-bond acceptors (Lipinski definition) is 1. The third-order valence-corrected chi connectivity index (χ3v) is 4.47. The minimum absolute atomic E-state index is 0. The van der Waals surface area contributed by atoms with Crippen LogP contribution in [0.25, 0.3) is 0 Å². The zero-order chi connectivity index (χ0) is 16.3. The second-order valence-electron chi connectivity index (χ2n) is 6.22. The van der Waals surface area contributed by atoms with E-state index in [-0.39, 0.29) is 35.2 Å². The van der Waals surface area contributed by atoms with E-state index in [4.69, 9.17) is 0 Å². The second kappa shape index (κ2) is 8.00. The molecule has 2 N–H and O–H groups in total. The lowest BCUT2D eigenvalue weighted by Crippen LogP contribution is -2.41. The number of rotatable bonds is 5. The van der Waals surface area contributed by atoms with E-state index < -0.39 is 0 Å². The predicted octanol–water partition coefficient (Wildman–Crippen LogP) is 3.18. The van der Waals surface area contributed by atoms with Crippen LogP contribution in [0.15, 0.2) is 47.7 Å². The summed E-state index contributed by atoms with van der Waals surface area (Å²) in [5.41, 5.74) is 1.92. The molecule has 24 heavy (non-hydrogen) atoms. The van der Waals surface area contributed by atoms with E-state index in [1.54, 1.807) is 13.1 Å². The molecule has 0 atom stereocenters. The maximum atomic E-state index is 14.0. The number of hydrogen-bond donors (Lipinski definition) is 2. The first-order valence-corrected chi connectivity index (χ1v) is 7.93. The van der Waals surface area contributed by atoms with Crippen molar-refractivity contribution in [2.45, 2.75) is 24.8 Å². The van der Waals surface area contributed by atoms with E-state index in [0.29, 0.717) is 13.1 Å². The van der Waals surface area contributed by atoms with Gasteiger partial charge in [0.15, 0.2) is 5.96 Å². The van der Waals surface area contributed by atoms with E-state index in [9.17, 15) is 4.39 Å². The molecule has 0 saturated heterocycles. The van der Waals surface area contributed by atoms with Gasteiger partial charge in [-0.15, -0.1) is 24.0 Å². The summed E-state index contributed by atoms with van der Waals surface area (Å²) in [5, 5.41) is 6.64. The van der Waals surface area contributed by atoms with Crippen LogP contribution in [0.5, 0.6) is 0 Å². The highest BCUT2D eigenvalue weighted by Gasteiger charge is 2.45. The Balaban J connectivity index is 0.00000208. The van der Waals surface area contributed by atoms with Crippen molar-refractivity contribution in [3.63, 3.8) is 0 Å².